The number of ether oxygens (including phenoxy) is 2. The van der Waals surface area contributed by atoms with E-state index in [1.54, 1.807) is 17.9 Å². The minimum absolute atomic E-state index is 0.0861. The number of fused-ring (bicyclic) bond motifs is 2. The van der Waals surface area contributed by atoms with Crippen LogP contribution in [0, 0.1) is 6.92 Å². The van der Waals surface area contributed by atoms with E-state index in [0.29, 0.717) is 18.5 Å². The zero-order chi connectivity index (χ0) is 29.3. The molecule has 4 aromatic rings. The normalized spacial score (nSPS) is 17.3. The third kappa shape index (κ3) is 6.07. The van der Waals surface area contributed by atoms with E-state index in [1.165, 1.54) is 0 Å². The van der Waals surface area contributed by atoms with Crippen LogP contribution in [0.4, 0.5) is 4.79 Å². The van der Waals surface area contributed by atoms with E-state index in [1.807, 2.05) is 82.3 Å². The third-order valence-corrected chi connectivity index (χ3v) is 7.75. The molecule has 41 heavy (non-hydrogen) atoms. The second kappa shape index (κ2) is 11.3. The van der Waals surface area contributed by atoms with Gasteiger partial charge in [-0.05, 0) is 80.6 Å². The molecule has 0 saturated carbocycles. The lowest BCUT2D eigenvalue weighted by atomic mass is 9.83. The minimum Gasteiger partial charge on any atom is -0.488 e. The van der Waals surface area contributed by atoms with Gasteiger partial charge in [0.1, 0.15) is 17.5 Å². The van der Waals surface area contributed by atoms with Crippen LogP contribution in [0.5, 0.6) is 5.75 Å². The fourth-order valence-corrected chi connectivity index (χ4v) is 5.72. The standard InChI is InChI=1S/C35H37NO5/c1-22-17-18-25(19-30(22)33(37)38)31-20-26(40-32-16-9-8-14-29(31)32)21-36(34(39)41-35(3,4)5)23(2)27-15-10-12-24-11-6-7-13-28(24)27/h6-19,23,26,31H,20-21H2,1-5H3,(H,37,38)/t23?,26-,31?/m1/s1. The molecule has 6 nitrogen and oxygen atoms in total. The molecule has 1 aliphatic rings. The van der Waals surface area contributed by atoms with Gasteiger partial charge in [-0.3, -0.25) is 4.90 Å². The predicted molar refractivity (Wildman–Crippen MR) is 161 cm³/mol. The number of carboxylic acid groups (broad SMARTS) is 1. The maximum Gasteiger partial charge on any atom is 0.410 e. The summed E-state index contributed by atoms with van der Waals surface area (Å²) in [5.41, 5.74) is 3.31. The average Bonchev–Trinajstić information content (AvgIpc) is 2.94. The lowest BCUT2D eigenvalue weighted by Crippen LogP contribution is -2.45. The number of hydrogen-bond acceptors (Lipinski definition) is 4. The Hall–Kier alpha value is -4.32. The zero-order valence-corrected chi connectivity index (χ0v) is 24.3. The molecule has 2 unspecified atom stereocenters. The van der Waals surface area contributed by atoms with E-state index in [-0.39, 0.29) is 18.1 Å². The zero-order valence-electron chi connectivity index (χ0n) is 24.3. The lowest BCUT2D eigenvalue weighted by Gasteiger charge is -2.38. The second-order valence-corrected chi connectivity index (χ2v) is 11.8. The van der Waals surface area contributed by atoms with Crippen LogP contribution in [0.25, 0.3) is 10.8 Å². The Morgan fingerprint density at radius 3 is 2.46 bits per heavy atom. The first kappa shape index (κ1) is 28.2. The van der Waals surface area contributed by atoms with Crippen molar-refractivity contribution in [2.24, 2.45) is 0 Å². The Morgan fingerprint density at radius 2 is 1.71 bits per heavy atom. The van der Waals surface area contributed by atoms with Crippen LogP contribution in [0.3, 0.4) is 0 Å². The van der Waals surface area contributed by atoms with E-state index in [2.05, 4.69) is 24.3 Å². The Bertz CT molecular complexity index is 1580. The highest BCUT2D eigenvalue weighted by Gasteiger charge is 2.35. The Balaban J connectivity index is 1.52. The number of aryl methyl sites for hydroxylation is 1. The van der Waals surface area contributed by atoms with Crippen molar-refractivity contribution < 1.29 is 24.2 Å². The highest BCUT2D eigenvalue weighted by molar-refractivity contribution is 5.89. The SMILES string of the molecule is Cc1ccc(C2C[C@H](CN(C(=O)OC(C)(C)C)C(C)c3cccc4ccccc34)Oc3ccccc32)cc1C(=O)O. The molecule has 6 heteroatoms. The quantitative estimate of drug-likeness (QED) is 0.262. The molecule has 0 aliphatic carbocycles. The van der Waals surface area contributed by atoms with Crippen LogP contribution in [-0.4, -0.2) is 40.3 Å². The number of aromatic carboxylic acids is 1. The number of hydrogen-bond donors (Lipinski definition) is 1. The molecule has 0 saturated heterocycles. The van der Waals surface area contributed by atoms with E-state index in [4.69, 9.17) is 9.47 Å². The molecule has 0 radical (unpaired) electrons. The summed E-state index contributed by atoms with van der Waals surface area (Å²) in [4.78, 5) is 27.4. The summed E-state index contributed by atoms with van der Waals surface area (Å²) in [7, 11) is 0. The van der Waals surface area contributed by atoms with Crippen molar-refractivity contribution in [3.05, 3.63) is 113 Å². The van der Waals surface area contributed by atoms with Gasteiger partial charge in [-0.25, -0.2) is 9.59 Å². The predicted octanol–water partition coefficient (Wildman–Crippen LogP) is 8.13. The fraction of sp³-hybridized carbons (Fsp3) is 0.314. The first-order valence-electron chi connectivity index (χ1n) is 14.1. The highest BCUT2D eigenvalue weighted by atomic mass is 16.6. The second-order valence-electron chi connectivity index (χ2n) is 11.8. The van der Waals surface area contributed by atoms with Crippen molar-refractivity contribution in [1.29, 1.82) is 0 Å². The van der Waals surface area contributed by atoms with Gasteiger partial charge in [0.05, 0.1) is 18.2 Å². The van der Waals surface area contributed by atoms with Gasteiger partial charge in [-0.1, -0.05) is 72.8 Å². The first-order valence-corrected chi connectivity index (χ1v) is 14.1. The maximum atomic E-state index is 13.7. The smallest absolute Gasteiger partial charge is 0.410 e. The molecule has 0 spiro atoms. The van der Waals surface area contributed by atoms with Crippen molar-refractivity contribution in [2.75, 3.05) is 6.54 Å². The molecule has 1 heterocycles. The molecule has 0 aromatic heterocycles. The van der Waals surface area contributed by atoms with Crippen LogP contribution in [0.15, 0.2) is 84.9 Å². The van der Waals surface area contributed by atoms with Crippen LogP contribution < -0.4 is 4.74 Å². The van der Waals surface area contributed by atoms with Gasteiger partial charge >= 0.3 is 12.1 Å². The number of amides is 1. The Labute approximate surface area is 241 Å². The monoisotopic (exact) mass is 551 g/mol. The summed E-state index contributed by atoms with van der Waals surface area (Å²) < 4.78 is 12.4. The molecule has 1 amide bonds. The number of benzene rings is 4. The molecular weight excluding hydrogens is 514 g/mol. The van der Waals surface area contributed by atoms with Crippen molar-refractivity contribution in [1.82, 2.24) is 4.90 Å². The summed E-state index contributed by atoms with van der Waals surface area (Å²) >= 11 is 0. The largest absolute Gasteiger partial charge is 0.488 e. The van der Waals surface area contributed by atoms with Crippen molar-refractivity contribution in [3.63, 3.8) is 0 Å². The van der Waals surface area contributed by atoms with Crippen molar-refractivity contribution in [2.45, 2.75) is 64.7 Å². The number of para-hydroxylation sites is 1. The average molecular weight is 552 g/mol. The number of carboxylic acids is 1. The van der Waals surface area contributed by atoms with E-state index >= 15 is 0 Å². The number of nitrogens with zero attached hydrogens (tertiary/aromatic N) is 1. The van der Waals surface area contributed by atoms with Crippen molar-refractivity contribution in [3.8, 4) is 5.75 Å². The Kier molecular flexibility index (Phi) is 7.76. The Morgan fingerprint density at radius 1 is 1.00 bits per heavy atom. The van der Waals surface area contributed by atoms with E-state index < -0.39 is 17.7 Å². The van der Waals surface area contributed by atoms with Gasteiger partial charge in [0, 0.05) is 11.5 Å². The summed E-state index contributed by atoms with van der Waals surface area (Å²) in [5, 5.41) is 12.0. The van der Waals surface area contributed by atoms with E-state index in [9.17, 15) is 14.7 Å². The van der Waals surface area contributed by atoms with Gasteiger partial charge in [0.25, 0.3) is 0 Å². The summed E-state index contributed by atoms with van der Waals surface area (Å²) in [6.07, 6.45) is -0.157. The molecule has 3 atom stereocenters. The lowest BCUT2D eigenvalue weighted by molar-refractivity contribution is 0.00569. The molecule has 0 fully saturated rings. The van der Waals surface area contributed by atoms with Crippen LogP contribution in [-0.2, 0) is 4.74 Å². The van der Waals surface area contributed by atoms with Crippen LogP contribution >= 0.6 is 0 Å². The van der Waals surface area contributed by atoms with E-state index in [0.717, 1.165) is 38.8 Å². The molecule has 1 aliphatic heterocycles. The molecular formula is C35H37NO5. The molecule has 0 bridgehead atoms. The molecule has 5 rings (SSSR count). The van der Waals surface area contributed by atoms with Crippen LogP contribution in [0.2, 0.25) is 0 Å². The first-order chi connectivity index (χ1) is 19.5. The summed E-state index contributed by atoms with van der Waals surface area (Å²) in [6, 6.07) is 27.5. The number of rotatable bonds is 6. The van der Waals surface area contributed by atoms with Crippen LogP contribution in [0.1, 0.15) is 78.7 Å². The fourth-order valence-electron chi connectivity index (χ4n) is 5.72. The molecule has 212 valence electrons. The molecule has 4 aromatic carbocycles. The summed E-state index contributed by atoms with van der Waals surface area (Å²) in [5.74, 6) is -0.286. The van der Waals surface area contributed by atoms with Gasteiger partial charge in [0.15, 0.2) is 0 Å². The number of carbonyl (C=O) groups is 2. The third-order valence-electron chi connectivity index (χ3n) is 7.75. The van der Waals surface area contributed by atoms with Gasteiger partial charge < -0.3 is 14.6 Å². The van der Waals surface area contributed by atoms with Crippen molar-refractivity contribution >= 4 is 22.8 Å². The van der Waals surface area contributed by atoms with Gasteiger partial charge in [-0.2, -0.15) is 0 Å². The minimum atomic E-state index is -0.943. The molecule has 1 N–H and O–H groups in total. The highest BCUT2D eigenvalue weighted by Crippen LogP contribution is 2.42. The maximum absolute atomic E-state index is 13.7. The number of carbonyl (C=O) groups excluding carboxylic acids is 1. The summed E-state index contributed by atoms with van der Waals surface area (Å²) in [6.45, 7) is 9.74. The van der Waals surface area contributed by atoms with Gasteiger partial charge in [-0.15, -0.1) is 0 Å². The van der Waals surface area contributed by atoms with Gasteiger partial charge in [0.2, 0.25) is 0 Å². The topological polar surface area (TPSA) is 76.1 Å².